The van der Waals surface area contributed by atoms with Crippen LogP contribution in [0, 0.1) is 20.8 Å². The van der Waals surface area contributed by atoms with Gasteiger partial charge in [-0.25, -0.2) is 4.68 Å². The lowest BCUT2D eigenvalue weighted by atomic mass is 9.94. The zero-order valence-electron chi connectivity index (χ0n) is 21.6. The summed E-state index contributed by atoms with van der Waals surface area (Å²) in [4.78, 5) is 27.0. The van der Waals surface area contributed by atoms with Crippen LogP contribution >= 0.6 is 11.6 Å². The molecule has 3 N–H and O–H groups in total. The van der Waals surface area contributed by atoms with Crippen molar-refractivity contribution < 1.29 is 9.59 Å². The van der Waals surface area contributed by atoms with Gasteiger partial charge in [-0.05, 0) is 69.2 Å². The Hall–Kier alpha value is -4.36. The van der Waals surface area contributed by atoms with E-state index in [1.54, 1.807) is 16.8 Å². The van der Waals surface area contributed by atoms with E-state index in [1.165, 1.54) is 6.20 Å². The number of fused-ring (bicyclic) bond motifs is 1. The third kappa shape index (κ3) is 4.93. The first-order valence-electron chi connectivity index (χ1n) is 12.3. The normalized spacial score (nSPS) is 14.5. The molecule has 0 saturated heterocycles. The molecule has 1 atom stereocenters. The van der Waals surface area contributed by atoms with E-state index in [4.69, 9.17) is 11.6 Å². The molecule has 2 heterocycles. The number of amides is 2. The fourth-order valence-corrected chi connectivity index (χ4v) is 4.77. The van der Waals surface area contributed by atoms with Gasteiger partial charge in [-0.15, -0.1) is 0 Å². The fourth-order valence-electron chi connectivity index (χ4n) is 4.65. The van der Waals surface area contributed by atoms with E-state index in [2.05, 4.69) is 21.0 Å². The molecule has 0 bridgehead atoms. The Morgan fingerprint density at radius 1 is 0.868 bits per heavy atom. The number of rotatable bonds is 5. The SMILES string of the molecule is CC1=C(C(=O)Nc2ccc(C)cc2C)[C@@H](c2ccc(Cl)cc2)n2ncc(C(=O)Nc3ccc(C)cc3)c2N1. The number of allylic oxidation sites excluding steroid dienone is 1. The second-order valence-corrected chi connectivity index (χ2v) is 10.00. The molecule has 0 spiro atoms. The quantitative estimate of drug-likeness (QED) is 0.272. The zero-order chi connectivity index (χ0) is 27.0. The van der Waals surface area contributed by atoms with E-state index in [0.29, 0.717) is 33.4 Å². The zero-order valence-corrected chi connectivity index (χ0v) is 22.4. The summed E-state index contributed by atoms with van der Waals surface area (Å²) in [5, 5.41) is 14.4. The smallest absolute Gasteiger partial charge is 0.261 e. The van der Waals surface area contributed by atoms with Gasteiger partial charge in [-0.2, -0.15) is 5.10 Å². The number of nitrogens with one attached hydrogen (secondary N) is 3. The Balaban J connectivity index is 1.53. The van der Waals surface area contributed by atoms with Crippen LogP contribution in [0.1, 0.15) is 45.6 Å². The first-order chi connectivity index (χ1) is 18.2. The molecule has 1 aromatic heterocycles. The lowest BCUT2D eigenvalue weighted by Crippen LogP contribution is -2.32. The van der Waals surface area contributed by atoms with Crippen molar-refractivity contribution in [3.8, 4) is 0 Å². The summed E-state index contributed by atoms with van der Waals surface area (Å²) in [5.41, 5.74) is 6.93. The van der Waals surface area contributed by atoms with Gasteiger partial charge in [-0.3, -0.25) is 9.59 Å². The number of carbonyl (C=O) groups excluding carboxylic acids is 2. The van der Waals surface area contributed by atoms with Gasteiger partial charge >= 0.3 is 0 Å². The minimum atomic E-state index is -0.574. The van der Waals surface area contributed by atoms with Crippen molar-refractivity contribution in [2.24, 2.45) is 0 Å². The van der Waals surface area contributed by atoms with Gasteiger partial charge in [0.05, 0.1) is 11.8 Å². The first-order valence-corrected chi connectivity index (χ1v) is 12.7. The predicted molar refractivity (Wildman–Crippen MR) is 152 cm³/mol. The van der Waals surface area contributed by atoms with Gasteiger partial charge in [0.1, 0.15) is 17.4 Å². The van der Waals surface area contributed by atoms with E-state index in [9.17, 15) is 9.59 Å². The van der Waals surface area contributed by atoms with Crippen LogP contribution in [0.4, 0.5) is 17.2 Å². The summed E-state index contributed by atoms with van der Waals surface area (Å²) in [6, 6.07) is 20.2. The summed E-state index contributed by atoms with van der Waals surface area (Å²) >= 11 is 6.17. The number of hydrogen-bond acceptors (Lipinski definition) is 4. The summed E-state index contributed by atoms with van der Waals surface area (Å²) in [5.74, 6) is -0.0442. The van der Waals surface area contributed by atoms with E-state index in [1.807, 2.05) is 82.3 Å². The van der Waals surface area contributed by atoms with Gasteiger partial charge in [-0.1, -0.05) is 59.1 Å². The molecule has 1 aliphatic heterocycles. The number of anilines is 3. The lowest BCUT2D eigenvalue weighted by molar-refractivity contribution is -0.113. The second-order valence-electron chi connectivity index (χ2n) is 9.56. The molecule has 0 saturated carbocycles. The Morgan fingerprint density at radius 3 is 2.24 bits per heavy atom. The van der Waals surface area contributed by atoms with E-state index in [-0.39, 0.29) is 11.8 Å². The number of benzene rings is 3. The number of carbonyl (C=O) groups is 2. The van der Waals surface area contributed by atoms with Crippen LogP contribution in [0.15, 0.2) is 84.2 Å². The van der Waals surface area contributed by atoms with Crippen LogP contribution in [-0.4, -0.2) is 21.6 Å². The molecule has 0 aliphatic carbocycles. The van der Waals surface area contributed by atoms with Crippen LogP contribution < -0.4 is 16.0 Å². The average Bonchev–Trinajstić information content (AvgIpc) is 3.30. The summed E-state index contributed by atoms with van der Waals surface area (Å²) in [6.07, 6.45) is 1.52. The van der Waals surface area contributed by atoms with Crippen molar-refractivity contribution >= 4 is 40.6 Å². The predicted octanol–water partition coefficient (Wildman–Crippen LogP) is 6.64. The highest BCUT2D eigenvalue weighted by Gasteiger charge is 2.35. The third-order valence-electron chi connectivity index (χ3n) is 6.64. The Morgan fingerprint density at radius 2 is 1.55 bits per heavy atom. The Labute approximate surface area is 226 Å². The highest BCUT2D eigenvalue weighted by Crippen LogP contribution is 2.38. The summed E-state index contributed by atoms with van der Waals surface area (Å²) < 4.78 is 1.68. The van der Waals surface area contributed by atoms with E-state index in [0.717, 1.165) is 27.9 Å². The minimum absolute atomic E-state index is 0.256. The average molecular weight is 526 g/mol. The molecule has 0 unspecified atom stereocenters. The Bertz CT molecular complexity index is 1570. The summed E-state index contributed by atoms with van der Waals surface area (Å²) in [7, 11) is 0. The lowest BCUT2D eigenvalue weighted by Gasteiger charge is -2.30. The molecular formula is C30H28ClN5O2. The molecule has 5 rings (SSSR count). The number of nitrogens with zero attached hydrogens (tertiary/aromatic N) is 2. The van der Waals surface area contributed by atoms with E-state index >= 15 is 0 Å². The van der Waals surface area contributed by atoms with Crippen LogP contribution in [0.25, 0.3) is 0 Å². The van der Waals surface area contributed by atoms with Crippen LogP contribution in [0.2, 0.25) is 5.02 Å². The van der Waals surface area contributed by atoms with Crippen molar-refractivity contribution in [2.75, 3.05) is 16.0 Å². The molecular weight excluding hydrogens is 498 g/mol. The minimum Gasteiger partial charge on any atom is -0.343 e. The van der Waals surface area contributed by atoms with Crippen LogP contribution in [0.5, 0.6) is 0 Å². The van der Waals surface area contributed by atoms with E-state index < -0.39 is 6.04 Å². The van der Waals surface area contributed by atoms with Gasteiger partial charge in [0.15, 0.2) is 0 Å². The molecule has 8 heteroatoms. The molecule has 1 aliphatic rings. The molecule has 3 aromatic carbocycles. The number of halogens is 1. The van der Waals surface area contributed by atoms with Gasteiger partial charge in [0.2, 0.25) is 0 Å². The number of hydrogen-bond donors (Lipinski definition) is 3. The summed E-state index contributed by atoms with van der Waals surface area (Å²) in [6.45, 7) is 7.80. The van der Waals surface area contributed by atoms with Crippen LogP contribution in [-0.2, 0) is 4.79 Å². The second kappa shape index (κ2) is 10.2. The molecule has 0 fully saturated rings. The molecule has 38 heavy (non-hydrogen) atoms. The first kappa shape index (κ1) is 25.3. The molecule has 0 radical (unpaired) electrons. The van der Waals surface area contributed by atoms with Crippen molar-refractivity contribution in [1.29, 1.82) is 0 Å². The molecule has 7 nitrogen and oxygen atoms in total. The fraction of sp³-hybridized carbons (Fsp3) is 0.167. The monoisotopic (exact) mass is 525 g/mol. The van der Waals surface area contributed by atoms with Crippen molar-refractivity contribution in [3.05, 3.63) is 117 Å². The molecule has 2 amide bonds. The van der Waals surface area contributed by atoms with Gasteiger partial charge in [0, 0.05) is 22.1 Å². The van der Waals surface area contributed by atoms with Crippen molar-refractivity contribution in [2.45, 2.75) is 33.7 Å². The third-order valence-corrected chi connectivity index (χ3v) is 6.89. The maximum absolute atomic E-state index is 13.7. The molecule has 4 aromatic rings. The number of aryl methyl sites for hydroxylation is 3. The molecule has 192 valence electrons. The highest BCUT2D eigenvalue weighted by atomic mass is 35.5. The van der Waals surface area contributed by atoms with Gasteiger partial charge < -0.3 is 16.0 Å². The topological polar surface area (TPSA) is 88.0 Å². The van der Waals surface area contributed by atoms with Crippen molar-refractivity contribution in [1.82, 2.24) is 9.78 Å². The highest BCUT2D eigenvalue weighted by molar-refractivity contribution is 6.30. The Kier molecular flexibility index (Phi) is 6.78. The maximum atomic E-state index is 13.7. The largest absolute Gasteiger partial charge is 0.343 e. The van der Waals surface area contributed by atoms with Crippen LogP contribution in [0.3, 0.4) is 0 Å². The number of aromatic nitrogens is 2. The standard InChI is InChI=1S/C30H28ClN5O2/c1-17-5-12-23(13-6-17)34-29(37)24-16-32-36-27(21-8-10-22(31)11-9-21)26(20(4)33-28(24)36)30(38)35-25-14-7-18(2)15-19(25)3/h5-16,27,33H,1-4H3,(H,34,37)(H,35,38)/t27-/m1/s1. The van der Waals surface area contributed by atoms with Crippen molar-refractivity contribution in [3.63, 3.8) is 0 Å². The van der Waals surface area contributed by atoms with Gasteiger partial charge in [0.25, 0.3) is 11.8 Å². The maximum Gasteiger partial charge on any atom is 0.261 e.